The van der Waals surface area contributed by atoms with Crippen molar-refractivity contribution in [3.8, 4) is 0 Å². The van der Waals surface area contributed by atoms with E-state index < -0.39 is 0 Å². The lowest BCUT2D eigenvalue weighted by atomic mass is 10.1. The molecule has 1 heterocycles. The van der Waals surface area contributed by atoms with E-state index in [9.17, 15) is 4.39 Å². The van der Waals surface area contributed by atoms with Crippen molar-refractivity contribution < 1.29 is 4.39 Å². The van der Waals surface area contributed by atoms with E-state index in [4.69, 9.17) is 0 Å². The van der Waals surface area contributed by atoms with Gasteiger partial charge >= 0.3 is 0 Å². The van der Waals surface area contributed by atoms with E-state index in [1.54, 1.807) is 24.2 Å². The Kier molecular flexibility index (Phi) is 4.12. The Morgan fingerprint density at radius 1 is 1.26 bits per heavy atom. The molecule has 0 radical (unpaired) electrons. The number of anilines is 2. The molecule has 0 aliphatic heterocycles. The predicted molar refractivity (Wildman–Crippen MR) is 76.2 cm³/mol. The number of benzene rings is 1. The highest BCUT2D eigenvalue weighted by Crippen LogP contribution is 2.27. The lowest BCUT2D eigenvalue weighted by Crippen LogP contribution is -2.16. The molecule has 0 saturated carbocycles. The van der Waals surface area contributed by atoms with Gasteiger partial charge in [-0.15, -0.1) is 0 Å². The van der Waals surface area contributed by atoms with Crippen molar-refractivity contribution in [2.24, 2.45) is 0 Å². The van der Waals surface area contributed by atoms with Gasteiger partial charge in [0.05, 0.1) is 0 Å². The van der Waals surface area contributed by atoms with E-state index in [-0.39, 0.29) is 5.82 Å². The summed E-state index contributed by atoms with van der Waals surface area (Å²) >= 11 is 0. The Morgan fingerprint density at radius 2 is 2.00 bits per heavy atom. The molecule has 0 bridgehead atoms. The Labute approximate surface area is 113 Å². The largest absolute Gasteiger partial charge is 0.327 e. The third-order valence-electron chi connectivity index (χ3n) is 3.11. The maximum absolute atomic E-state index is 14.4. The maximum atomic E-state index is 14.4. The minimum Gasteiger partial charge on any atom is -0.327 e. The quantitative estimate of drug-likeness (QED) is 0.914. The fourth-order valence-electron chi connectivity index (χ4n) is 2.09. The van der Waals surface area contributed by atoms with Crippen molar-refractivity contribution >= 4 is 11.5 Å². The van der Waals surface area contributed by atoms with Crippen LogP contribution in [0.25, 0.3) is 0 Å². The van der Waals surface area contributed by atoms with Crippen molar-refractivity contribution in [2.45, 2.75) is 13.5 Å². The number of hydrogen-bond acceptors (Lipinski definition) is 3. The Balaban J connectivity index is 2.42. The summed E-state index contributed by atoms with van der Waals surface area (Å²) in [5.41, 5.74) is 2.66. The zero-order chi connectivity index (χ0) is 13.8. The van der Waals surface area contributed by atoms with Gasteiger partial charge in [0.15, 0.2) is 11.6 Å². The van der Waals surface area contributed by atoms with E-state index in [1.165, 1.54) is 0 Å². The van der Waals surface area contributed by atoms with E-state index in [1.807, 2.05) is 38.2 Å². The van der Waals surface area contributed by atoms with Crippen LogP contribution in [-0.4, -0.2) is 19.1 Å². The third-order valence-corrected chi connectivity index (χ3v) is 3.11. The minimum absolute atomic E-state index is 0.275. The molecular formula is C15H18FN3. The van der Waals surface area contributed by atoms with Gasteiger partial charge in [0.25, 0.3) is 0 Å². The Bertz CT molecular complexity index is 569. The average Bonchev–Trinajstić information content (AvgIpc) is 2.41. The number of rotatable bonds is 4. The number of hydrogen-bond donors (Lipinski definition) is 1. The molecule has 19 heavy (non-hydrogen) atoms. The normalized spacial score (nSPS) is 10.5. The minimum atomic E-state index is -0.275. The number of halogens is 1. The highest BCUT2D eigenvalue weighted by atomic mass is 19.1. The second-order valence-corrected chi connectivity index (χ2v) is 4.48. The summed E-state index contributed by atoms with van der Waals surface area (Å²) in [5, 5.41) is 2.96. The first kappa shape index (κ1) is 13.5. The van der Waals surface area contributed by atoms with Crippen molar-refractivity contribution in [2.75, 3.05) is 19.0 Å². The molecule has 0 atom stereocenters. The topological polar surface area (TPSA) is 28.2 Å². The number of aryl methyl sites for hydroxylation is 1. The van der Waals surface area contributed by atoms with Crippen LogP contribution in [0.2, 0.25) is 0 Å². The zero-order valence-corrected chi connectivity index (χ0v) is 11.4. The summed E-state index contributed by atoms with van der Waals surface area (Å²) in [6.45, 7) is 2.49. The Hall–Kier alpha value is -1.94. The number of aromatic nitrogens is 1. The third kappa shape index (κ3) is 2.74. The van der Waals surface area contributed by atoms with Crippen molar-refractivity contribution in [1.82, 2.24) is 10.3 Å². The van der Waals surface area contributed by atoms with Crippen LogP contribution < -0.4 is 10.2 Å². The summed E-state index contributed by atoms with van der Waals surface area (Å²) in [6.07, 6.45) is 1.64. The molecule has 0 aliphatic rings. The average molecular weight is 259 g/mol. The molecule has 2 aromatic rings. The van der Waals surface area contributed by atoms with Crippen LogP contribution in [0.3, 0.4) is 0 Å². The van der Waals surface area contributed by atoms with Gasteiger partial charge in [-0.2, -0.15) is 0 Å². The molecule has 0 spiro atoms. The summed E-state index contributed by atoms with van der Waals surface area (Å²) in [4.78, 5) is 5.94. The molecule has 4 heteroatoms. The smallest absolute Gasteiger partial charge is 0.170 e. The lowest BCUT2D eigenvalue weighted by Gasteiger charge is -2.21. The van der Waals surface area contributed by atoms with Crippen molar-refractivity contribution in [3.05, 3.63) is 53.5 Å². The van der Waals surface area contributed by atoms with E-state index in [0.29, 0.717) is 17.9 Å². The van der Waals surface area contributed by atoms with Crippen LogP contribution in [-0.2, 0) is 6.54 Å². The predicted octanol–water partition coefficient (Wildman–Crippen LogP) is 3.02. The second-order valence-electron chi connectivity index (χ2n) is 4.48. The van der Waals surface area contributed by atoms with Crippen molar-refractivity contribution in [1.29, 1.82) is 0 Å². The summed E-state index contributed by atoms with van der Waals surface area (Å²) < 4.78 is 14.4. The van der Waals surface area contributed by atoms with E-state index in [2.05, 4.69) is 10.3 Å². The van der Waals surface area contributed by atoms with Crippen LogP contribution in [0, 0.1) is 12.7 Å². The van der Waals surface area contributed by atoms with Gasteiger partial charge in [-0.1, -0.05) is 18.2 Å². The second kappa shape index (κ2) is 5.80. The monoisotopic (exact) mass is 259 g/mol. The van der Waals surface area contributed by atoms with E-state index >= 15 is 0 Å². The molecule has 1 aromatic carbocycles. The fourth-order valence-corrected chi connectivity index (χ4v) is 2.09. The molecular weight excluding hydrogens is 241 g/mol. The first-order chi connectivity index (χ1) is 9.15. The van der Waals surface area contributed by atoms with Gasteiger partial charge in [-0.05, 0) is 31.7 Å². The molecule has 1 aromatic heterocycles. The number of nitrogens with one attached hydrogen (secondary N) is 1. The van der Waals surface area contributed by atoms with Crippen LogP contribution in [0.4, 0.5) is 15.9 Å². The standard InChI is InChI=1S/C15H18FN3/c1-11-6-4-5-7-13(11)19(3)15-14(16)12(10-17-2)8-9-18-15/h4-9,17H,10H2,1-3H3. The lowest BCUT2D eigenvalue weighted by molar-refractivity contribution is 0.595. The van der Waals surface area contributed by atoms with Crippen LogP contribution in [0.5, 0.6) is 0 Å². The molecule has 0 aliphatic carbocycles. The van der Waals surface area contributed by atoms with Gasteiger partial charge in [-0.25, -0.2) is 9.37 Å². The molecule has 100 valence electrons. The SMILES string of the molecule is CNCc1ccnc(N(C)c2ccccc2C)c1F. The van der Waals surface area contributed by atoms with Gasteiger partial charge in [0.1, 0.15) is 0 Å². The summed E-state index contributed by atoms with van der Waals surface area (Å²) in [7, 11) is 3.63. The molecule has 0 fully saturated rings. The number of nitrogens with zero attached hydrogens (tertiary/aromatic N) is 2. The van der Waals surface area contributed by atoms with E-state index in [0.717, 1.165) is 11.3 Å². The molecule has 0 unspecified atom stereocenters. The molecule has 0 saturated heterocycles. The Morgan fingerprint density at radius 3 is 2.68 bits per heavy atom. The van der Waals surface area contributed by atoms with Crippen LogP contribution in [0.15, 0.2) is 36.5 Å². The van der Waals surface area contributed by atoms with Crippen molar-refractivity contribution in [3.63, 3.8) is 0 Å². The molecule has 1 N–H and O–H groups in total. The zero-order valence-electron chi connectivity index (χ0n) is 11.4. The highest BCUT2D eigenvalue weighted by molar-refractivity contribution is 5.63. The van der Waals surface area contributed by atoms with Gasteiger partial charge < -0.3 is 10.2 Å². The molecule has 3 nitrogen and oxygen atoms in total. The molecule has 2 rings (SSSR count). The fraction of sp³-hybridized carbons (Fsp3) is 0.267. The van der Waals surface area contributed by atoms with Crippen LogP contribution >= 0.6 is 0 Å². The van der Waals surface area contributed by atoms with Gasteiger partial charge in [-0.3, -0.25) is 0 Å². The maximum Gasteiger partial charge on any atom is 0.170 e. The number of pyridine rings is 1. The first-order valence-electron chi connectivity index (χ1n) is 6.22. The molecule has 0 amide bonds. The summed E-state index contributed by atoms with van der Waals surface area (Å²) in [5.74, 6) is 0.0738. The highest BCUT2D eigenvalue weighted by Gasteiger charge is 2.15. The van der Waals surface area contributed by atoms with Gasteiger partial charge in [0.2, 0.25) is 0 Å². The summed E-state index contributed by atoms with van der Waals surface area (Å²) in [6, 6.07) is 9.56. The number of para-hydroxylation sites is 1. The van der Waals surface area contributed by atoms with Crippen LogP contribution in [0.1, 0.15) is 11.1 Å². The van der Waals surface area contributed by atoms with Gasteiger partial charge in [0, 0.05) is 31.0 Å². The first-order valence-corrected chi connectivity index (χ1v) is 6.22.